The summed E-state index contributed by atoms with van der Waals surface area (Å²) >= 11 is 0. The van der Waals surface area contributed by atoms with Crippen LogP contribution in [0.1, 0.15) is 24.5 Å². The van der Waals surface area contributed by atoms with Gasteiger partial charge in [-0.15, -0.1) is 0 Å². The number of hydrogen-bond acceptors (Lipinski definition) is 4. The average molecular weight is 340 g/mol. The van der Waals surface area contributed by atoms with E-state index in [4.69, 9.17) is 10.5 Å². The van der Waals surface area contributed by atoms with Crippen LogP contribution in [0, 0.1) is 0 Å². The number of benzene rings is 1. The summed E-state index contributed by atoms with van der Waals surface area (Å²) in [7, 11) is 1.66. The number of aromatic nitrogens is 2. The number of nitrogens with two attached hydrogens (primary N) is 1. The van der Waals surface area contributed by atoms with E-state index in [1.807, 2.05) is 42.1 Å². The fourth-order valence-electron chi connectivity index (χ4n) is 3.01. The van der Waals surface area contributed by atoms with Crippen LogP contribution in [0.3, 0.4) is 0 Å². The molecule has 1 atom stereocenters. The summed E-state index contributed by atoms with van der Waals surface area (Å²) in [5.74, 6) is 0.580. The smallest absolute Gasteiger partial charge is 0.234 e. The van der Waals surface area contributed by atoms with Gasteiger partial charge >= 0.3 is 0 Å². The average Bonchev–Trinajstić information content (AvgIpc) is 3.10. The Balaban J connectivity index is 1.64. The third-order valence-electron chi connectivity index (χ3n) is 4.71. The molecule has 0 radical (unpaired) electrons. The highest BCUT2D eigenvalue weighted by Crippen LogP contribution is 2.23. The minimum absolute atomic E-state index is 0.226. The fourth-order valence-corrected chi connectivity index (χ4v) is 3.01. The molecule has 3 rings (SSSR count). The highest BCUT2D eigenvalue weighted by atomic mass is 16.5. The Morgan fingerprint density at radius 1 is 1.36 bits per heavy atom. The summed E-state index contributed by atoms with van der Waals surface area (Å²) in [4.78, 5) is 13.4. The molecular weight excluding hydrogens is 316 g/mol. The van der Waals surface area contributed by atoms with Gasteiger partial charge in [0.05, 0.1) is 25.9 Å². The van der Waals surface area contributed by atoms with Crippen molar-refractivity contribution in [2.24, 2.45) is 5.73 Å². The molecule has 1 aliphatic heterocycles. The fraction of sp³-hybridized carbons (Fsp3) is 0.368. The topological polar surface area (TPSA) is 73.4 Å². The number of amides is 1. The Bertz CT molecular complexity index is 764. The van der Waals surface area contributed by atoms with Gasteiger partial charge < -0.3 is 10.5 Å². The second-order valence-electron chi connectivity index (χ2n) is 6.33. The Morgan fingerprint density at radius 2 is 2.12 bits per heavy atom. The van der Waals surface area contributed by atoms with E-state index in [-0.39, 0.29) is 11.9 Å². The first-order valence-corrected chi connectivity index (χ1v) is 8.45. The van der Waals surface area contributed by atoms with Crippen molar-refractivity contribution in [1.82, 2.24) is 14.7 Å². The van der Waals surface area contributed by atoms with Gasteiger partial charge in [-0.3, -0.25) is 14.4 Å². The van der Waals surface area contributed by atoms with Crippen molar-refractivity contribution in [2.45, 2.75) is 25.9 Å². The Hall–Kier alpha value is -2.60. The van der Waals surface area contributed by atoms with Crippen LogP contribution in [0.2, 0.25) is 0 Å². The first-order valence-electron chi connectivity index (χ1n) is 8.45. The molecule has 1 amide bonds. The van der Waals surface area contributed by atoms with E-state index in [0.29, 0.717) is 0 Å². The number of hydrogen-bond donors (Lipinski definition) is 1. The lowest BCUT2D eigenvalue weighted by Crippen LogP contribution is -2.44. The van der Waals surface area contributed by atoms with Gasteiger partial charge in [0, 0.05) is 24.8 Å². The van der Waals surface area contributed by atoms with Gasteiger partial charge in [0.2, 0.25) is 5.91 Å². The second-order valence-corrected chi connectivity index (χ2v) is 6.33. The number of carbonyl (C=O) groups is 1. The van der Waals surface area contributed by atoms with Crippen LogP contribution in [0.25, 0.3) is 5.57 Å². The molecule has 2 heterocycles. The summed E-state index contributed by atoms with van der Waals surface area (Å²) < 4.78 is 7.12. The van der Waals surface area contributed by atoms with Crippen LogP contribution in [0.5, 0.6) is 5.75 Å². The van der Waals surface area contributed by atoms with Crippen LogP contribution < -0.4 is 10.5 Å². The van der Waals surface area contributed by atoms with E-state index < -0.39 is 0 Å². The molecule has 0 saturated carbocycles. The number of primary amides is 1. The molecule has 2 aromatic rings. The van der Waals surface area contributed by atoms with Crippen molar-refractivity contribution in [1.29, 1.82) is 0 Å². The molecule has 1 aromatic carbocycles. The quantitative estimate of drug-likeness (QED) is 0.872. The monoisotopic (exact) mass is 340 g/mol. The maximum atomic E-state index is 11.3. The minimum Gasteiger partial charge on any atom is -0.497 e. The van der Waals surface area contributed by atoms with Crippen LogP contribution in [-0.2, 0) is 11.3 Å². The Kier molecular flexibility index (Phi) is 5.19. The maximum Gasteiger partial charge on any atom is 0.234 e. The molecular formula is C19H24N4O2. The Labute approximate surface area is 147 Å². The predicted octanol–water partition coefficient (Wildman–Crippen LogP) is 1.90. The Morgan fingerprint density at radius 3 is 2.72 bits per heavy atom. The summed E-state index contributed by atoms with van der Waals surface area (Å²) in [6, 6.07) is 7.78. The zero-order chi connectivity index (χ0) is 17.8. The molecule has 0 fully saturated rings. The van der Waals surface area contributed by atoms with Gasteiger partial charge in [-0.2, -0.15) is 5.10 Å². The van der Waals surface area contributed by atoms with E-state index in [9.17, 15) is 4.79 Å². The van der Waals surface area contributed by atoms with Crippen LogP contribution in [0.4, 0.5) is 0 Å². The zero-order valence-electron chi connectivity index (χ0n) is 14.7. The lowest BCUT2D eigenvalue weighted by Gasteiger charge is -2.29. The predicted molar refractivity (Wildman–Crippen MR) is 97.1 cm³/mol. The van der Waals surface area contributed by atoms with Crippen molar-refractivity contribution in [3.8, 4) is 5.75 Å². The van der Waals surface area contributed by atoms with Crippen LogP contribution in [-0.4, -0.2) is 46.8 Å². The third kappa shape index (κ3) is 4.09. The molecule has 1 aliphatic rings. The molecule has 2 N–H and O–H groups in total. The van der Waals surface area contributed by atoms with E-state index in [2.05, 4.69) is 22.3 Å². The van der Waals surface area contributed by atoms with Gasteiger partial charge in [-0.05, 0) is 36.6 Å². The molecule has 1 aromatic heterocycles. The molecule has 1 unspecified atom stereocenters. The van der Waals surface area contributed by atoms with Crippen molar-refractivity contribution >= 4 is 11.5 Å². The van der Waals surface area contributed by atoms with Gasteiger partial charge in [0.15, 0.2) is 0 Å². The van der Waals surface area contributed by atoms with Gasteiger partial charge in [-0.25, -0.2) is 0 Å². The van der Waals surface area contributed by atoms with Crippen molar-refractivity contribution in [3.05, 3.63) is 53.9 Å². The third-order valence-corrected chi connectivity index (χ3v) is 4.71. The summed E-state index contributed by atoms with van der Waals surface area (Å²) in [6.45, 7) is 4.15. The largest absolute Gasteiger partial charge is 0.497 e. The number of nitrogens with zero attached hydrogens (tertiary/aromatic N) is 3. The molecule has 25 heavy (non-hydrogen) atoms. The highest BCUT2D eigenvalue weighted by Gasteiger charge is 2.21. The number of carbonyl (C=O) groups excluding carboxylic acids is 1. The van der Waals surface area contributed by atoms with Crippen molar-refractivity contribution in [2.75, 3.05) is 20.2 Å². The molecule has 0 bridgehead atoms. The normalized spacial score (nSPS) is 16.3. The summed E-state index contributed by atoms with van der Waals surface area (Å²) in [5, 5.41) is 4.47. The van der Waals surface area contributed by atoms with Crippen molar-refractivity contribution < 1.29 is 9.53 Å². The number of rotatable bonds is 6. The van der Waals surface area contributed by atoms with Crippen LogP contribution in [0.15, 0.2) is 42.7 Å². The second kappa shape index (κ2) is 7.53. The standard InChI is InChI=1S/C19H24N4O2/c1-14(19(20)24)22-9-7-16(8-10-22)17-11-21-23(13-17)12-15-3-5-18(25-2)6-4-15/h3-7,11,13-14H,8-10,12H2,1-2H3,(H2,20,24). The van der Waals surface area contributed by atoms with Crippen LogP contribution >= 0.6 is 0 Å². The summed E-state index contributed by atoms with van der Waals surface area (Å²) in [5.41, 5.74) is 8.97. The minimum atomic E-state index is -0.274. The number of methoxy groups -OCH3 is 1. The lowest BCUT2D eigenvalue weighted by molar-refractivity contribution is -0.122. The molecule has 132 valence electrons. The maximum absolute atomic E-state index is 11.3. The highest BCUT2D eigenvalue weighted by molar-refractivity contribution is 5.79. The van der Waals surface area contributed by atoms with E-state index >= 15 is 0 Å². The van der Waals surface area contributed by atoms with Gasteiger partial charge in [0.1, 0.15) is 5.75 Å². The lowest BCUT2D eigenvalue weighted by atomic mass is 10.0. The summed E-state index contributed by atoms with van der Waals surface area (Å²) in [6.07, 6.45) is 7.04. The number of ether oxygens (including phenoxy) is 1. The molecule has 0 saturated heterocycles. The molecule has 0 aliphatic carbocycles. The van der Waals surface area contributed by atoms with E-state index in [0.717, 1.165) is 37.4 Å². The molecule has 6 nitrogen and oxygen atoms in total. The van der Waals surface area contributed by atoms with E-state index in [1.54, 1.807) is 7.11 Å². The van der Waals surface area contributed by atoms with Crippen molar-refractivity contribution in [3.63, 3.8) is 0 Å². The van der Waals surface area contributed by atoms with E-state index in [1.165, 1.54) is 11.1 Å². The zero-order valence-corrected chi connectivity index (χ0v) is 14.7. The van der Waals surface area contributed by atoms with Gasteiger partial charge in [0.25, 0.3) is 0 Å². The van der Waals surface area contributed by atoms with Gasteiger partial charge in [-0.1, -0.05) is 18.2 Å². The first-order chi connectivity index (χ1) is 12.1. The molecule has 0 spiro atoms. The molecule has 6 heteroatoms. The SMILES string of the molecule is COc1ccc(Cn2cc(C3=CCN(C(C)C(N)=O)CC3)cn2)cc1. The first kappa shape index (κ1) is 17.2.